The van der Waals surface area contributed by atoms with E-state index in [0.29, 0.717) is 25.1 Å². The van der Waals surface area contributed by atoms with Gasteiger partial charge in [-0.25, -0.2) is 0 Å². The first-order chi connectivity index (χ1) is 8.65. The summed E-state index contributed by atoms with van der Waals surface area (Å²) >= 11 is 0. The molecule has 0 saturated heterocycles. The number of anilines is 1. The lowest BCUT2D eigenvalue weighted by Gasteiger charge is -2.18. The van der Waals surface area contributed by atoms with Crippen LogP contribution in [0.4, 0.5) is 5.69 Å². The molecule has 0 aliphatic carbocycles. The van der Waals surface area contributed by atoms with E-state index in [-0.39, 0.29) is 11.8 Å². The Balaban J connectivity index is 2.25. The molecular weight excluding hydrogens is 228 g/mol. The number of terminal acetylenes is 1. The zero-order valence-electron chi connectivity index (χ0n) is 10.2. The van der Waals surface area contributed by atoms with Gasteiger partial charge in [0.05, 0.1) is 13.0 Å². The lowest BCUT2D eigenvalue weighted by molar-refractivity contribution is -0.115. The number of fused-ring (bicyclic) bond motifs is 1. The van der Waals surface area contributed by atoms with Crippen molar-refractivity contribution in [1.82, 2.24) is 4.90 Å². The van der Waals surface area contributed by atoms with E-state index < -0.39 is 0 Å². The van der Waals surface area contributed by atoms with E-state index in [9.17, 15) is 9.59 Å². The third kappa shape index (κ3) is 2.21. The van der Waals surface area contributed by atoms with E-state index in [1.807, 2.05) is 6.92 Å². The summed E-state index contributed by atoms with van der Waals surface area (Å²) in [4.78, 5) is 25.0. The molecule has 4 nitrogen and oxygen atoms in total. The number of hydrogen-bond acceptors (Lipinski definition) is 2. The molecule has 0 atom stereocenters. The molecule has 1 aliphatic rings. The molecule has 1 aromatic rings. The lowest BCUT2D eigenvalue weighted by atomic mass is 10.1. The van der Waals surface area contributed by atoms with Gasteiger partial charge >= 0.3 is 0 Å². The second-order valence-electron chi connectivity index (χ2n) is 4.12. The Kier molecular flexibility index (Phi) is 3.33. The lowest BCUT2D eigenvalue weighted by Crippen LogP contribution is -2.31. The molecule has 92 valence electrons. The zero-order valence-corrected chi connectivity index (χ0v) is 10.2. The number of carbonyl (C=O) groups is 2. The molecule has 0 spiro atoms. The van der Waals surface area contributed by atoms with Gasteiger partial charge in [0.25, 0.3) is 5.91 Å². The molecular formula is C14H14N2O2. The summed E-state index contributed by atoms with van der Waals surface area (Å²) in [5, 5.41) is 2.74. The number of carbonyl (C=O) groups excluding carboxylic acids is 2. The van der Waals surface area contributed by atoms with Crippen LogP contribution in [0.3, 0.4) is 0 Å². The van der Waals surface area contributed by atoms with Crippen molar-refractivity contribution in [2.75, 3.05) is 18.4 Å². The van der Waals surface area contributed by atoms with Crippen molar-refractivity contribution in [3.8, 4) is 12.3 Å². The maximum Gasteiger partial charge on any atom is 0.254 e. The fourth-order valence-electron chi connectivity index (χ4n) is 1.98. The van der Waals surface area contributed by atoms with E-state index in [1.165, 1.54) is 0 Å². The van der Waals surface area contributed by atoms with Gasteiger partial charge < -0.3 is 10.2 Å². The highest BCUT2D eigenvalue weighted by Crippen LogP contribution is 2.24. The van der Waals surface area contributed by atoms with Gasteiger partial charge in [0.1, 0.15) is 0 Å². The van der Waals surface area contributed by atoms with Gasteiger partial charge in [0.2, 0.25) is 5.91 Å². The van der Waals surface area contributed by atoms with Crippen LogP contribution < -0.4 is 5.32 Å². The van der Waals surface area contributed by atoms with Crippen molar-refractivity contribution in [3.63, 3.8) is 0 Å². The highest BCUT2D eigenvalue weighted by Gasteiger charge is 2.20. The average Bonchev–Trinajstić information content (AvgIpc) is 2.74. The van der Waals surface area contributed by atoms with E-state index in [0.717, 1.165) is 11.3 Å². The Labute approximate surface area is 106 Å². The molecule has 0 saturated carbocycles. The van der Waals surface area contributed by atoms with E-state index >= 15 is 0 Å². The van der Waals surface area contributed by atoms with Crippen LogP contribution >= 0.6 is 0 Å². The minimum atomic E-state index is -0.0994. The highest BCUT2D eigenvalue weighted by atomic mass is 16.2. The molecule has 0 radical (unpaired) electrons. The SMILES string of the molecule is C#CCN(CC)C(=O)c1ccc2c(c1)CC(=O)N2. The van der Waals surface area contributed by atoms with Crippen molar-refractivity contribution < 1.29 is 9.59 Å². The van der Waals surface area contributed by atoms with Crippen molar-refractivity contribution in [1.29, 1.82) is 0 Å². The average molecular weight is 242 g/mol. The molecule has 1 heterocycles. The predicted octanol–water partition coefficient (Wildman–Crippen LogP) is 1.28. The standard InChI is InChI=1S/C14H14N2O2/c1-3-7-16(4-2)14(18)10-5-6-12-11(8-10)9-13(17)15-12/h1,5-6,8H,4,7,9H2,2H3,(H,15,17). The summed E-state index contributed by atoms with van der Waals surface area (Å²) in [7, 11) is 0. The molecule has 1 aromatic carbocycles. The number of hydrogen-bond donors (Lipinski definition) is 1. The predicted molar refractivity (Wildman–Crippen MR) is 69.2 cm³/mol. The summed E-state index contributed by atoms with van der Waals surface area (Å²) in [5.74, 6) is 2.33. The summed E-state index contributed by atoms with van der Waals surface area (Å²) in [5.41, 5.74) is 2.22. The first kappa shape index (κ1) is 12.2. The molecule has 4 heteroatoms. The monoisotopic (exact) mass is 242 g/mol. The quantitative estimate of drug-likeness (QED) is 0.812. The second kappa shape index (κ2) is 4.92. The molecule has 0 aromatic heterocycles. The molecule has 0 unspecified atom stereocenters. The van der Waals surface area contributed by atoms with E-state index in [1.54, 1.807) is 23.1 Å². The fraction of sp³-hybridized carbons (Fsp3) is 0.286. The van der Waals surface area contributed by atoms with Crippen LogP contribution in [0.15, 0.2) is 18.2 Å². The number of benzene rings is 1. The van der Waals surface area contributed by atoms with Gasteiger partial charge in [-0.05, 0) is 30.7 Å². The molecule has 2 rings (SSSR count). The van der Waals surface area contributed by atoms with Crippen molar-refractivity contribution in [3.05, 3.63) is 29.3 Å². The molecule has 1 aliphatic heterocycles. The Morgan fingerprint density at radius 2 is 2.33 bits per heavy atom. The fourth-order valence-corrected chi connectivity index (χ4v) is 1.98. The van der Waals surface area contributed by atoms with Crippen LogP contribution in [0, 0.1) is 12.3 Å². The van der Waals surface area contributed by atoms with Crippen LogP contribution in [-0.2, 0) is 11.2 Å². The third-order valence-corrected chi connectivity index (χ3v) is 2.93. The maximum absolute atomic E-state index is 12.2. The molecule has 0 fully saturated rings. The largest absolute Gasteiger partial charge is 0.328 e. The van der Waals surface area contributed by atoms with Crippen molar-refractivity contribution >= 4 is 17.5 Å². The van der Waals surface area contributed by atoms with Crippen LogP contribution in [0.1, 0.15) is 22.8 Å². The van der Waals surface area contributed by atoms with Gasteiger partial charge in [-0.1, -0.05) is 5.92 Å². The normalized spacial score (nSPS) is 12.6. The molecule has 2 amide bonds. The van der Waals surface area contributed by atoms with E-state index in [2.05, 4.69) is 11.2 Å². The summed E-state index contributed by atoms with van der Waals surface area (Å²) in [6.07, 6.45) is 5.56. The topological polar surface area (TPSA) is 49.4 Å². The Hall–Kier alpha value is -2.28. The number of nitrogens with one attached hydrogen (secondary N) is 1. The van der Waals surface area contributed by atoms with Crippen LogP contribution in [0.5, 0.6) is 0 Å². The zero-order chi connectivity index (χ0) is 13.1. The Bertz CT molecular complexity index is 543. The van der Waals surface area contributed by atoms with Crippen molar-refractivity contribution in [2.45, 2.75) is 13.3 Å². The third-order valence-electron chi connectivity index (χ3n) is 2.93. The molecule has 1 N–H and O–H groups in total. The highest BCUT2D eigenvalue weighted by molar-refractivity contribution is 6.01. The van der Waals surface area contributed by atoms with Gasteiger partial charge in [-0.2, -0.15) is 0 Å². The first-order valence-electron chi connectivity index (χ1n) is 5.81. The van der Waals surface area contributed by atoms with E-state index in [4.69, 9.17) is 6.42 Å². The number of amides is 2. The van der Waals surface area contributed by atoms with Gasteiger partial charge in [-0.15, -0.1) is 6.42 Å². The first-order valence-corrected chi connectivity index (χ1v) is 5.81. The molecule has 0 bridgehead atoms. The summed E-state index contributed by atoms with van der Waals surface area (Å²) < 4.78 is 0. The van der Waals surface area contributed by atoms with Crippen LogP contribution in [-0.4, -0.2) is 29.8 Å². The minimum absolute atomic E-state index is 0.0365. The maximum atomic E-state index is 12.2. The smallest absolute Gasteiger partial charge is 0.254 e. The van der Waals surface area contributed by atoms with Crippen LogP contribution in [0.2, 0.25) is 0 Å². The number of nitrogens with zero attached hydrogens (tertiary/aromatic N) is 1. The Morgan fingerprint density at radius 1 is 1.56 bits per heavy atom. The summed E-state index contributed by atoms with van der Waals surface area (Å²) in [6.45, 7) is 2.74. The number of rotatable bonds is 3. The minimum Gasteiger partial charge on any atom is -0.328 e. The van der Waals surface area contributed by atoms with Gasteiger partial charge in [0, 0.05) is 17.8 Å². The Morgan fingerprint density at radius 3 is 3.00 bits per heavy atom. The van der Waals surface area contributed by atoms with Crippen LogP contribution in [0.25, 0.3) is 0 Å². The van der Waals surface area contributed by atoms with Gasteiger partial charge in [0.15, 0.2) is 0 Å². The second-order valence-corrected chi connectivity index (χ2v) is 4.12. The van der Waals surface area contributed by atoms with Gasteiger partial charge in [-0.3, -0.25) is 9.59 Å². The summed E-state index contributed by atoms with van der Waals surface area (Å²) in [6, 6.07) is 5.23. The molecule has 18 heavy (non-hydrogen) atoms. The van der Waals surface area contributed by atoms with Crippen molar-refractivity contribution in [2.24, 2.45) is 0 Å².